The molecule has 2 aromatic carbocycles. The highest BCUT2D eigenvalue weighted by atomic mass is 32.1. The molecule has 2 heterocycles. The molecular weight excluding hydrogens is 416 g/mol. The predicted molar refractivity (Wildman–Crippen MR) is 139 cm³/mol. The lowest BCUT2D eigenvalue weighted by molar-refractivity contribution is 0.392. The van der Waals surface area contributed by atoms with Crippen LogP contribution in [0.2, 0.25) is 0 Å². The maximum absolute atomic E-state index is 6.04. The minimum Gasteiger partial charge on any atom is -0.333 e. The van der Waals surface area contributed by atoms with Gasteiger partial charge in [-0.3, -0.25) is 0 Å². The van der Waals surface area contributed by atoms with Crippen molar-refractivity contribution in [1.29, 1.82) is 0 Å². The van der Waals surface area contributed by atoms with Gasteiger partial charge in [0.1, 0.15) is 9.28 Å². The molecule has 4 aromatic rings. The molecule has 0 spiro atoms. The summed E-state index contributed by atoms with van der Waals surface area (Å²) in [6.07, 6.45) is 4.33. The zero-order valence-electron chi connectivity index (χ0n) is 19.4. The quantitative estimate of drug-likeness (QED) is 0.271. The summed E-state index contributed by atoms with van der Waals surface area (Å²) in [6.45, 7) is 15.3. The zero-order chi connectivity index (χ0) is 22.7. The highest BCUT2D eigenvalue weighted by Gasteiger charge is 2.20. The Hall–Kier alpha value is -2.30. The molecule has 160 valence electrons. The molecule has 2 nitrogen and oxygen atoms in total. The number of pyridine rings is 2. The van der Waals surface area contributed by atoms with Gasteiger partial charge in [-0.1, -0.05) is 60.3 Å². The highest BCUT2D eigenvalue weighted by Crippen LogP contribution is 2.37. The van der Waals surface area contributed by atoms with Crippen molar-refractivity contribution in [3.05, 3.63) is 69.7 Å². The van der Waals surface area contributed by atoms with Gasteiger partial charge in [0.05, 0.1) is 0 Å². The van der Waals surface area contributed by atoms with Gasteiger partial charge in [0.15, 0.2) is 0 Å². The van der Waals surface area contributed by atoms with E-state index in [2.05, 4.69) is 112 Å². The molecule has 0 radical (unpaired) electrons. The number of nitrogens with zero attached hydrogens (tertiary/aromatic N) is 2. The van der Waals surface area contributed by atoms with Crippen LogP contribution >= 0.6 is 24.4 Å². The third-order valence-corrected chi connectivity index (χ3v) is 6.66. The second-order valence-electron chi connectivity index (χ2n) is 10.4. The molecule has 0 aliphatic rings. The van der Waals surface area contributed by atoms with Crippen molar-refractivity contribution in [3.8, 4) is 11.1 Å². The smallest absolute Gasteiger partial charge is 0.114 e. The molecule has 4 heteroatoms. The number of hydrogen-bond donors (Lipinski definition) is 0. The lowest BCUT2D eigenvalue weighted by atomic mass is 9.94. The monoisotopic (exact) mass is 446 g/mol. The Kier molecular flexibility index (Phi) is 5.22. The number of fused-ring (bicyclic) bond motifs is 2. The van der Waals surface area contributed by atoms with Crippen molar-refractivity contribution in [2.24, 2.45) is 0 Å². The summed E-state index contributed by atoms with van der Waals surface area (Å²) in [4.78, 5) is 0. The standard InChI is InChI=1S/C27H30N2S2/c1-17-11-12-19-21(15-17)24(30)29(27(5,6)7)16-22(19)20-10-8-9-18-13-14-28(26(2,3)4)25(31)23(18)20/h8-16H,1-7H3. The van der Waals surface area contributed by atoms with Crippen LogP contribution in [0.5, 0.6) is 0 Å². The maximum Gasteiger partial charge on any atom is 0.114 e. The highest BCUT2D eigenvalue weighted by molar-refractivity contribution is 7.71. The molecule has 0 bridgehead atoms. The van der Waals surface area contributed by atoms with Gasteiger partial charge < -0.3 is 9.13 Å². The van der Waals surface area contributed by atoms with Crippen LogP contribution in [0, 0.1) is 16.2 Å². The molecule has 31 heavy (non-hydrogen) atoms. The largest absolute Gasteiger partial charge is 0.333 e. The van der Waals surface area contributed by atoms with Gasteiger partial charge in [0, 0.05) is 39.8 Å². The first kappa shape index (κ1) is 21.9. The SMILES string of the molecule is Cc1ccc2c(-c3cccc4ccn(C(C)(C)C)c(=S)c34)cn(C(C)(C)C)c(=S)c2c1. The summed E-state index contributed by atoms with van der Waals surface area (Å²) in [5, 5.41) is 4.57. The summed E-state index contributed by atoms with van der Waals surface area (Å²) in [7, 11) is 0. The number of hydrogen-bond acceptors (Lipinski definition) is 2. The first-order valence-corrected chi connectivity index (χ1v) is 11.5. The van der Waals surface area contributed by atoms with Crippen LogP contribution in [0.4, 0.5) is 0 Å². The molecule has 4 rings (SSSR count). The minimum atomic E-state index is -0.129. The molecule has 0 unspecified atom stereocenters. The van der Waals surface area contributed by atoms with Crippen LogP contribution in [-0.4, -0.2) is 9.13 Å². The van der Waals surface area contributed by atoms with E-state index in [1.54, 1.807) is 0 Å². The molecule has 0 fully saturated rings. The normalized spacial score (nSPS) is 12.6. The van der Waals surface area contributed by atoms with Crippen molar-refractivity contribution >= 4 is 46.0 Å². The van der Waals surface area contributed by atoms with Crippen LogP contribution in [-0.2, 0) is 11.1 Å². The van der Waals surface area contributed by atoms with Crippen molar-refractivity contribution in [2.45, 2.75) is 59.5 Å². The first-order chi connectivity index (χ1) is 14.4. The summed E-state index contributed by atoms with van der Waals surface area (Å²) in [6, 6.07) is 15.2. The van der Waals surface area contributed by atoms with E-state index in [4.69, 9.17) is 24.4 Å². The van der Waals surface area contributed by atoms with Crippen LogP contribution < -0.4 is 0 Å². The Morgan fingerprint density at radius 3 is 2.03 bits per heavy atom. The summed E-state index contributed by atoms with van der Waals surface area (Å²) in [5.41, 5.74) is 3.32. The average Bonchev–Trinajstić information content (AvgIpc) is 2.66. The van der Waals surface area contributed by atoms with Gasteiger partial charge in [-0.15, -0.1) is 0 Å². The van der Waals surface area contributed by atoms with Crippen molar-refractivity contribution < 1.29 is 0 Å². The maximum atomic E-state index is 6.04. The van der Waals surface area contributed by atoms with E-state index < -0.39 is 0 Å². The van der Waals surface area contributed by atoms with Gasteiger partial charge >= 0.3 is 0 Å². The van der Waals surface area contributed by atoms with Gasteiger partial charge in [0.2, 0.25) is 0 Å². The van der Waals surface area contributed by atoms with E-state index in [1.165, 1.54) is 16.5 Å². The summed E-state index contributed by atoms with van der Waals surface area (Å²) >= 11 is 12.0. The van der Waals surface area contributed by atoms with Crippen LogP contribution in [0.25, 0.3) is 32.7 Å². The van der Waals surface area contributed by atoms with Gasteiger partial charge in [-0.05, 0) is 76.9 Å². The van der Waals surface area contributed by atoms with Crippen molar-refractivity contribution in [3.63, 3.8) is 0 Å². The fraction of sp³-hybridized carbons (Fsp3) is 0.333. The lowest BCUT2D eigenvalue weighted by Crippen LogP contribution is -2.23. The third kappa shape index (κ3) is 3.77. The molecular formula is C27H30N2S2. The Balaban J connectivity index is 2.21. The Morgan fingerprint density at radius 2 is 1.39 bits per heavy atom. The molecule has 0 saturated heterocycles. The van der Waals surface area contributed by atoms with E-state index >= 15 is 0 Å². The van der Waals surface area contributed by atoms with Crippen LogP contribution in [0.15, 0.2) is 54.9 Å². The average molecular weight is 447 g/mol. The number of benzene rings is 2. The van der Waals surface area contributed by atoms with Gasteiger partial charge in [-0.2, -0.15) is 0 Å². The third-order valence-electron chi connectivity index (χ3n) is 5.84. The summed E-state index contributed by atoms with van der Waals surface area (Å²) in [5.74, 6) is 0. The predicted octanol–water partition coefficient (Wildman–Crippen LogP) is 8.54. The molecule has 0 aliphatic carbocycles. The second-order valence-corrected chi connectivity index (χ2v) is 11.1. The number of rotatable bonds is 1. The van der Waals surface area contributed by atoms with Crippen molar-refractivity contribution in [2.75, 3.05) is 0 Å². The summed E-state index contributed by atoms with van der Waals surface area (Å²) < 4.78 is 6.16. The van der Waals surface area contributed by atoms with Crippen LogP contribution in [0.3, 0.4) is 0 Å². The van der Waals surface area contributed by atoms with Crippen LogP contribution in [0.1, 0.15) is 47.1 Å². The van der Waals surface area contributed by atoms with Gasteiger partial charge in [-0.25, -0.2) is 0 Å². The van der Waals surface area contributed by atoms with E-state index in [0.717, 1.165) is 31.0 Å². The molecule has 0 atom stereocenters. The zero-order valence-corrected chi connectivity index (χ0v) is 21.0. The second kappa shape index (κ2) is 7.39. The van der Waals surface area contributed by atoms with Gasteiger partial charge in [0.25, 0.3) is 0 Å². The van der Waals surface area contributed by atoms with E-state index in [9.17, 15) is 0 Å². The first-order valence-electron chi connectivity index (χ1n) is 10.7. The molecule has 0 N–H and O–H groups in total. The minimum absolute atomic E-state index is 0.0899. The topological polar surface area (TPSA) is 9.86 Å². The number of aryl methyl sites for hydroxylation is 1. The Labute approximate surface area is 195 Å². The lowest BCUT2D eigenvalue weighted by Gasteiger charge is -2.27. The fourth-order valence-corrected chi connectivity index (χ4v) is 5.27. The molecule has 2 aromatic heterocycles. The molecule has 0 aliphatic heterocycles. The molecule has 0 amide bonds. The van der Waals surface area contributed by atoms with E-state index in [-0.39, 0.29) is 11.1 Å². The molecule has 0 saturated carbocycles. The van der Waals surface area contributed by atoms with E-state index in [0.29, 0.717) is 0 Å². The Bertz CT molecular complexity index is 1440. The van der Waals surface area contributed by atoms with E-state index in [1.807, 2.05) is 0 Å². The van der Waals surface area contributed by atoms with Crippen molar-refractivity contribution in [1.82, 2.24) is 9.13 Å². The Morgan fingerprint density at radius 1 is 0.710 bits per heavy atom. The number of aromatic nitrogens is 2. The fourth-order valence-electron chi connectivity index (χ4n) is 4.21.